The first-order valence-electron chi connectivity index (χ1n) is 6.64. The fraction of sp³-hybridized carbons (Fsp3) is 0.643. The van der Waals surface area contributed by atoms with Gasteiger partial charge in [0.1, 0.15) is 5.82 Å². The Labute approximate surface area is 109 Å². The normalized spacial score (nSPS) is 26.1. The number of rotatable bonds is 3. The van der Waals surface area contributed by atoms with Crippen molar-refractivity contribution in [2.24, 2.45) is 0 Å². The Balaban J connectivity index is 2.17. The quantitative estimate of drug-likeness (QED) is 0.892. The SMILES string of the molecule is CCC1COC(C)CN1c1ccc([C@H](C)O)cn1. The zero-order valence-corrected chi connectivity index (χ0v) is 11.3. The number of aliphatic hydroxyl groups excluding tert-OH is 1. The molecule has 4 heteroatoms. The molecule has 0 bridgehead atoms. The van der Waals surface area contributed by atoms with E-state index in [9.17, 15) is 5.11 Å². The van der Waals surface area contributed by atoms with Crippen molar-refractivity contribution in [3.05, 3.63) is 23.9 Å². The molecule has 1 N–H and O–H groups in total. The van der Waals surface area contributed by atoms with Gasteiger partial charge in [0.05, 0.1) is 24.9 Å². The Kier molecular flexibility index (Phi) is 4.19. The standard InChI is InChI=1S/C14H22N2O2/c1-4-13-9-18-10(2)8-16(13)14-6-5-12(7-15-14)11(3)17/h5-7,10-11,13,17H,4,8-9H2,1-3H3/t10?,11-,13?/m0/s1. The first-order chi connectivity index (χ1) is 8.61. The Morgan fingerprint density at radius 3 is 2.89 bits per heavy atom. The van der Waals surface area contributed by atoms with Gasteiger partial charge < -0.3 is 14.7 Å². The maximum Gasteiger partial charge on any atom is 0.128 e. The third-order valence-corrected chi connectivity index (χ3v) is 3.49. The lowest BCUT2D eigenvalue weighted by molar-refractivity contribution is 0.0296. The molecule has 0 amide bonds. The summed E-state index contributed by atoms with van der Waals surface area (Å²) < 4.78 is 5.69. The average molecular weight is 250 g/mol. The number of aliphatic hydroxyl groups is 1. The summed E-state index contributed by atoms with van der Waals surface area (Å²) in [5.74, 6) is 0.974. The second kappa shape index (κ2) is 5.67. The van der Waals surface area contributed by atoms with E-state index in [1.807, 2.05) is 12.1 Å². The van der Waals surface area contributed by atoms with Crippen molar-refractivity contribution in [2.45, 2.75) is 45.4 Å². The van der Waals surface area contributed by atoms with Gasteiger partial charge in [-0.3, -0.25) is 0 Å². The lowest BCUT2D eigenvalue weighted by Gasteiger charge is -2.39. The van der Waals surface area contributed by atoms with Crippen molar-refractivity contribution in [1.29, 1.82) is 0 Å². The van der Waals surface area contributed by atoms with Crippen LogP contribution in [0.15, 0.2) is 18.3 Å². The fourth-order valence-electron chi connectivity index (χ4n) is 2.28. The third-order valence-electron chi connectivity index (χ3n) is 3.49. The highest BCUT2D eigenvalue weighted by Crippen LogP contribution is 2.22. The van der Waals surface area contributed by atoms with E-state index in [1.165, 1.54) is 0 Å². The number of hydrogen-bond donors (Lipinski definition) is 1. The molecule has 1 saturated heterocycles. The van der Waals surface area contributed by atoms with Gasteiger partial charge in [-0.1, -0.05) is 13.0 Å². The van der Waals surface area contributed by atoms with Crippen molar-refractivity contribution >= 4 is 5.82 Å². The lowest BCUT2D eigenvalue weighted by Crippen LogP contribution is -2.49. The second-order valence-corrected chi connectivity index (χ2v) is 4.98. The zero-order chi connectivity index (χ0) is 13.1. The van der Waals surface area contributed by atoms with E-state index in [0.717, 1.165) is 31.0 Å². The molecule has 3 atom stereocenters. The maximum atomic E-state index is 9.49. The summed E-state index contributed by atoms with van der Waals surface area (Å²) in [6.45, 7) is 7.64. The summed E-state index contributed by atoms with van der Waals surface area (Å²) in [6, 6.07) is 4.33. The average Bonchev–Trinajstić information content (AvgIpc) is 2.39. The summed E-state index contributed by atoms with van der Waals surface area (Å²) in [5, 5.41) is 9.49. The van der Waals surface area contributed by atoms with Crippen molar-refractivity contribution < 1.29 is 9.84 Å². The Morgan fingerprint density at radius 1 is 1.56 bits per heavy atom. The van der Waals surface area contributed by atoms with Crippen LogP contribution < -0.4 is 4.90 Å². The number of hydrogen-bond acceptors (Lipinski definition) is 4. The molecular formula is C14H22N2O2. The molecule has 1 aliphatic heterocycles. The first kappa shape index (κ1) is 13.3. The molecule has 0 saturated carbocycles. The zero-order valence-electron chi connectivity index (χ0n) is 11.3. The highest BCUT2D eigenvalue weighted by molar-refractivity contribution is 5.41. The van der Waals surface area contributed by atoms with Crippen molar-refractivity contribution in [1.82, 2.24) is 4.98 Å². The number of aromatic nitrogens is 1. The van der Waals surface area contributed by atoms with Gasteiger partial charge in [-0.2, -0.15) is 0 Å². The predicted octanol–water partition coefficient (Wildman–Crippen LogP) is 2.14. The molecule has 1 aliphatic rings. The molecule has 1 fully saturated rings. The van der Waals surface area contributed by atoms with Gasteiger partial charge in [0.25, 0.3) is 0 Å². The topological polar surface area (TPSA) is 45.6 Å². The second-order valence-electron chi connectivity index (χ2n) is 4.98. The molecule has 1 aromatic rings. The fourth-order valence-corrected chi connectivity index (χ4v) is 2.28. The molecular weight excluding hydrogens is 228 g/mol. The molecule has 2 unspecified atom stereocenters. The van der Waals surface area contributed by atoms with Crippen molar-refractivity contribution in [2.75, 3.05) is 18.1 Å². The highest BCUT2D eigenvalue weighted by Gasteiger charge is 2.26. The summed E-state index contributed by atoms with van der Waals surface area (Å²) in [4.78, 5) is 6.77. The number of anilines is 1. The summed E-state index contributed by atoms with van der Waals surface area (Å²) in [6.07, 6.45) is 2.59. The minimum atomic E-state index is -0.461. The molecule has 1 aromatic heterocycles. The van der Waals surface area contributed by atoms with E-state index in [4.69, 9.17) is 4.74 Å². The molecule has 0 spiro atoms. The van der Waals surface area contributed by atoms with Crippen LogP contribution >= 0.6 is 0 Å². The van der Waals surface area contributed by atoms with Crippen LogP contribution in [-0.4, -0.2) is 35.4 Å². The van der Waals surface area contributed by atoms with Gasteiger partial charge in [0.2, 0.25) is 0 Å². The van der Waals surface area contributed by atoms with E-state index < -0.39 is 6.10 Å². The summed E-state index contributed by atoms with van der Waals surface area (Å²) in [5.41, 5.74) is 0.855. The smallest absolute Gasteiger partial charge is 0.128 e. The molecule has 4 nitrogen and oxygen atoms in total. The van der Waals surface area contributed by atoms with Crippen LogP contribution in [0.5, 0.6) is 0 Å². The molecule has 18 heavy (non-hydrogen) atoms. The van der Waals surface area contributed by atoms with Gasteiger partial charge in [0.15, 0.2) is 0 Å². The Bertz CT molecular complexity index is 378. The van der Waals surface area contributed by atoms with Gasteiger partial charge >= 0.3 is 0 Å². The maximum absolute atomic E-state index is 9.49. The van der Waals surface area contributed by atoms with E-state index in [1.54, 1.807) is 13.1 Å². The summed E-state index contributed by atoms with van der Waals surface area (Å²) in [7, 11) is 0. The minimum absolute atomic E-state index is 0.242. The van der Waals surface area contributed by atoms with Gasteiger partial charge in [-0.25, -0.2) is 4.98 Å². The number of pyridine rings is 1. The molecule has 0 aliphatic carbocycles. The number of nitrogens with zero attached hydrogens (tertiary/aromatic N) is 2. The lowest BCUT2D eigenvalue weighted by atomic mass is 10.1. The highest BCUT2D eigenvalue weighted by atomic mass is 16.5. The number of morpholine rings is 1. The molecule has 2 heterocycles. The van der Waals surface area contributed by atoms with Crippen LogP contribution in [0, 0.1) is 0 Å². The van der Waals surface area contributed by atoms with Gasteiger partial charge in [-0.05, 0) is 31.9 Å². The number of ether oxygens (including phenoxy) is 1. The Hall–Kier alpha value is -1.13. The molecule has 0 radical (unpaired) electrons. The Morgan fingerprint density at radius 2 is 2.33 bits per heavy atom. The van der Waals surface area contributed by atoms with Crippen molar-refractivity contribution in [3.63, 3.8) is 0 Å². The van der Waals surface area contributed by atoms with Crippen LogP contribution in [0.2, 0.25) is 0 Å². The van der Waals surface area contributed by atoms with E-state index in [-0.39, 0.29) is 6.10 Å². The van der Waals surface area contributed by atoms with Crippen LogP contribution in [0.3, 0.4) is 0 Å². The monoisotopic (exact) mass is 250 g/mol. The van der Waals surface area contributed by atoms with E-state index in [0.29, 0.717) is 6.04 Å². The van der Waals surface area contributed by atoms with Crippen LogP contribution in [-0.2, 0) is 4.74 Å². The first-order valence-corrected chi connectivity index (χ1v) is 6.64. The van der Waals surface area contributed by atoms with E-state index >= 15 is 0 Å². The van der Waals surface area contributed by atoms with Crippen LogP contribution in [0.25, 0.3) is 0 Å². The van der Waals surface area contributed by atoms with Gasteiger partial charge in [0, 0.05) is 12.7 Å². The summed E-state index contributed by atoms with van der Waals surface area (Å²) >= 11 is 0. The minimum Gasteiger partial charge on any atom is -0.389 e. The molecule has 0 aromatic carbocycles. The largest absolute Gasteiger partial charge is 0.389 e. The molecule has 2 rings (SSSR count). The third kappa shape index (κ3) is 2.82. The molecule has 100 valence electrons. The van der Waals surface area contributed by atoms with Gasteiger partial charge in [-0.15, -0.1) is 0 Å². The van der Waals surface area contributed by atoms with Crippen molar-refractivity contribution in [3.8, 4) is 0 Å². The van der Waals surface area contributed by atoms with E-state index in [2.05, 4.69) is 23.7 Å². The predicted molar refractivity (Wildman–Crippen MR) is 71.7 cm³/mol. The van der Waals surface area contributed by atoms with Crippen LogP contribution in [0.1, 0.15) is 38.9 Å². The van der Waals surface area contributed by atoms with Crippen LogP contribution in [0.4, 0.5) is 5.82 Å².